The number of nitrogens with zero attached hydrogens (tertiary/aromatic N) is 2. The number of rotatable bonds is 2. The first kappa shape index (κ1) is 10.3. The molecule has 76 valence electrons. The van der Waals surface area contributed by atoms with E-state index in [0.29, 0.717) is 0 Å². The van der Waals surface area contributed by atoms with Crippen molar-refractivity contribution in [3.8, 4) is 0 Å². The fraction of sp³-hybridized carbons (Fsp3) is 0.143. The Hall–Kier alpha value is -1.79. The molecule has 0 fully saturated rings. The van der Waals surface area contributed by atoms with E-state index in [-0.39, 0.29) is 0 Å². The van der Waals surface area contributed by atoms with Gasteiger partial charge in [0.15, 0.2) is 5.03 Å². The summed E-state index contributed by atoms with van der Waals surface area (Å²) in [7, 11) is 0. The van der Waals surface area contributed by atoms with Gasteiger partial charge in [-0.1, -0.05) is 18.2 Å². The van der Waals surface area contributed by atoms with Crippen molar-refractivity contribution < 1.29 is 18.2 Å². The molecule has 0 atom stereocenters. The fourth-order valence-electron chi connectivity index (χ4n) is 0.902. The van der Waals surface area contributed by atoms with Gasteiger partial charge in [0.1, 0.15) is 5.69 Å². The Balaban J connectivity index is 3.08. The van der Waals surface area contributed by atoms with Crippen LogP contribution in [0.5, 0.6) is 0 Å². The number of hydrogen-bond acceptors (Lipinski definition) is 2. The molecule has 0 aromatic heterocycles. The molecule has 0 aliphatic carbocycles. The second-order valence-corrected chi connectivity index (χ2v) is 2.35. The summed E-state index contributed by atoms with van der Waals surface area (Å²) in [5.74, 6) is 0. The summed E-state index contributed by atoms with van der Waals surface area (Å²) in [4.78, 5) is 10.2. The summed E-state index contributed by atoms with van der Waals surface area (Å²) < 4.78 is 36.4. The topological polar surface area (TPSA) is 46.4 Å². The smallest absolute Gasteiger partial charge is 0.234 e. The van der Waals surface area contributed by atoms with E-state index >= 15 is 0 Å². The molecule has 0 bridgehead atoms. The standard InChI is InChI=1S/C7H5F3N2O2/c8-7(9,10)11(12(13)14)6-4-2-1-3-5-6/h1-5H. The number of benzene rings is 1. The summed E-state index contributed by atoms with van der Waals surface area (Å²) in [6, 6.07) is 6.07. The molecule has 0 spiro atoms. The van der Waals surface area contributed by atoms with Crippen molar-refractivity contribution >= 4 is 5.69 Å². The summed E-state index contributed by atoms with van der Waals surface area (Å²) in [6.07, 6.45) is -5.02. The molecule has 0 amide bonds. The molecule has 0 N–H and O–H groups in total. The van der Waals surface area contributed by atoms with Crippen LogP contribution in [-0.4, -0.2) is 11.3 Å². The highest BCUT2D eigenvalue weighted by Crippen LogP contribution is 2.27. The highest BCUT2D eigenvalue weighted by molar-refractivity contribution is 5.43. The van der Waals surface area contributed by atoms with Crippen LogP contribution in [0, 0.1) is 10.1 Å². The summed E-state index contributed by atoms with van der Waals surface area (Å²) >= 11 is 0. The summed E-state index contributed by atoms with van der Waals surface area (Å²) in [5.41, 5.74) is -0.523. The molecule has 0 saturated heterocycles. The van der Waals surface area contributed by atoms with Crippen LogP contribution in [0.15, 0.2) is 30.3 Å². The average molecular weight is 206 g/mol. The zero-order valence-electron chi connectivity index (χ0n) is 6.73. The van der Waals surface area contributed by atoms with E-state index in [2.05, 4.69) is 0 Å². The highest BCUT2D eigenvalue weighted by atomic mass is 19.4. The first-order valence-corrected chi connectivity index (χ1v) is 3.49. The van der Waals surface area contributed by atoms with E-state index in [4.69, 9.17) is 0 Å². The third-order valence-corrected chi connectivity index (χ3v) is 1.40. The molecule has 14 heavy (non-hydrogen) atoms. The Bertz CT molecular complexity index is 325. The first-order chi connectivity index (χ1) is 6.43. The van der Waals surface area contributed by atoms with E-state index < -0.39 is 22.0 Å². The predicted molar refractivity (Wildman–Crippen MR) is 42.0 cm³/mol. The van der Waals surface area contributed by atoms with Crippen molar-refractivity contribution in [3.05, 3.63) is 40.4 Å². The third-order valence-electron chi connectivity index (χ3n) is 1.40. The predicted octanol–water partition coefficient (Wildman–Crippen LogP) is 2.20. The lowest BCUT2D eigenvalue weighted by Gasteiger charge is -2.15. The lowest BCUT2D eigenvalue weighted by molar-refractivity contribution is -0.535. The van der Waals surface area contributed by atoms with E-state index in [9.17, 15) is 23.3 Å². The fourth-order valence-corrected chi connectivity index (χ4v) is 0.902. The normalized spacial score (nSPS) is 11.1. The Morgan fingerprint density at radius 1 is 1.21 bits per heavy atom. The van der Waals surface area contributed by atoms with Gasteiger partial charge in [0.25, 0.3) is 0 Å². The number of nitro groups is 1. The van der Waals surface area contributed by atoms with Crippen LogP contribution in [0.2, 0.25) is 0 Å². The maximum Gasteiger partial charge on any atom is 0.541 e. The van der Waals surface area contributed by atoms with E-state index in [1.54, 1.807) is 0 Å². The zero-order chi connectivity index (χ0) is 10.8. The Morgan fingerprint density at radius 2 is 1.71 bits per heavy atom. The van der Waals surface area contributed by atoms with Crippen LogP contribution >= 0.6 is 0 Å². The Morgan fingerprint density at radius 3 is 2.07 bits per heavy atom. The minimum Gasteiger partial charge on any atom is -0.234 e. The lowest BCUT2D eigenvalue weighted by atomic mass is 10.3. The summed E-state index contributed by atoms with van der Waals surface area (Å²) in [6.45, 7) is 0. The van der Waals surface area contributed by atoms with Gasteiger partial charge in [-0.15, -0.1) is 13.2 Å². The van der Waals surface area contributed by atoms with Crippen LogP contribution < -0.4 is 5.01 Å². The molecule has 0 unspecified atom stereocenters. The molecular weight excluding hydrogens is 201 g/mol. The SMILES string of the molecule is O=[N+]([O-])N(c1ccccc1)C(F)(F)F. The van der Waals surface area contributed by atoms with Crippen LogP contribution in [0.4, 0.5) is 18.9 Å². The van der Waals surface area contributed by atoms with Crippen molar-refractivity contribution in [2.45, 2.75) is 6.30 Å². The maximum atomic E-state index is 12.1. The van der Waals surface area contributed by atoms with Gasteiger partial charge in [-0.05, 0) is 12.1 Å². The van der Waals surface area contributed by atoms with Gasteiger partial charge in [-0.3, -0.25) is 0 Å². The molecule has 0 saturated carbocycles. The van der Waals surface area contributed by atoms with Crippen LogP contribution in [0.1, 0.15) is 0 Å². The van der Waals surface area contributed by atoms with Crippen molar-refractivity contribution in [2.75, 3.05) is 5.01 Å². The molecule has 7 heteroatoms. The maximum absolute atomic E-state index is 12.1. The molecule has 1 aromatic carbocycles. The number of hydrogen-bond donors (Lipinski definition) is 0. The molecule has 0 aliphatic heterocycles. The van der Waals surface area contributed by atoms with Crippen LogP contribution in [0.25, 0.3) is 0 Å². The third kappa shape index (κ3) is 2.12. The molecular formula is C7H5F3N2O2. The van der Waals surface area contributed by atoms with E-state index in [1.807, 2.05) is 0 Å². The van der Waals surface area contributed by atoms with Gasteiger partial charge >= 0.3 is 6.30 Å². The van der Waals surface area contributed by atoms with E-state index in [0.717, 1.165) is 12.1 Å². The largest absolute Gasteiger partial charge is 0.541 e. The second-order valence-electron chi connectivity index (χ2n) is 2.35. The van der Waals surface area contributed by atoms with Crippen molar-refractivity contribution in [2.24, 2.45) is 0 Å². The van der Waals surface area contributed by atoms with Gasteiger partial charge in [0.05, 0.1) is 0 Å². The zero-order valence-corrected chi connectivity index (χ0v) is 6.73. The monoisotopic (exact) mass is 206 g/mol. The van der Waals surface area contributed by atoms with Gasteiger partial charge < -0.3 is 0 Å². The van der Waals surface area contributed by atoms with Gasteiger partial charge in [0, 0.05) is 5.01 Å². The highest BCUT2D eigenvalue weighted by Gasteiger charge is 2.47. The van der Waals surface area contributed by atoms with Crippen molar-refractivity contribution in [1.82, 2.24) is 0 Å². The molecule has 1 rings (SSSR count). The molecule has 0 aliphatic rings. The Labute approximate surface area is 76.7 Å². The van der Waals surface area contributed by atoms with Gasteiger partial charge in [-0.25, -0.2) is 10.1 Å². The molecule has 0 heterocycles. The number of hydrazine groups is 1. The quantitative estimate of drug-likeness (QED) is 0.423. The van der Waals surface area contributed by atoms with Crippen LogP contribution in [-0.2, 0) is 0 Å². The average Bonchev–Trinajstić information content (AvgIpc) is 2.02. The minimum absolute atomic E-state index is 0.523. The first-order valence-electron chi connectivity index (χ1n) is 3.49. The molecule has 0 radical (unpaired) electrons. The lowest BCUT2D eigenvalue weighted by Crippen LogP contribution is -2.42. The summed E-state index contributed by atoms with van der Waals surface area (Å²) in [5, 5.41) is 7.81. The molecule has 1 aromatic rings. The number of halogens is 3. The van der Waals surface area contributed by atoms with Gasteiger partial charge in [-0.2, -0.15) is 0 Å². The van der Waals surface area contributed by atoms with E-state index in [1.165, 1.54) is 18.2 Å². The van der Waals surface area contributed by atoms with Crippen molar-refractivity contribution in [3.63, 3.8) is 0 Å². The minimum atomic E-state index is -5.02. The second kappa shape index (κ2) is 3.52. The Kier molecular flexibility index (Phi) is 2.59. The number of para-hydroxylation sites is 1. The van der Waals surface area contributed by atoms with Crippen LogP contribution in [0.3, 0.4) is 0 Å². The number of anilines is 1. The van der Waals surface area contributed by atoms with Gasteiger partial charge in [0.2, 0.25) is 0 Å². The molecule has 4 nitrogen and oxygen atoms in total. The number of alkyl halides is 3. The van der Waals surface area contributed by atoms with Crippen molar-refractivity contribution in [1.29, 1.82) is 0 Å².